The lowest BCUT2D eigenvalue weighted by Gasteiger charge is -2.42. The molecular formula is C16H31N3. The molecule has 19 heavy (non-hydrogen) atoms. The number of nitrogens with one attached hydrogen (secondary N) is 1. The fourth-order valence-corrected chi connectivity index (χ4v) is 4.00. The Labute approximate surface area is 118 Å². The van der Waals surface area contributed by atoms with Gasteiger partial charge in [0, 0.05) is 44.8 Å². The predicted molar refractivity (Wildman–Crippen MR) is 80.5 cm³/mol. The molecule has 2 saturated carbocycles. The van der Waals surface area contributed by atoms with Crippen molar-refractivity contribution in [2.75, 3.05) is 39.8 Å². The van der Waals surface area contributed by atoms with Crippen molar-refractivity contribution in [3.8, 4) is 0 Å². The van der Waals surface area contributed by atoms with Gasteiger partial charge >= 0.3 is 0 Å². The van der Waals surface area contributed by atoms with Crippen molar-refractivity contribution < 1.29 is 0 Å². The lowest BCUT2D eigenvalue weighted by Crippen LogP contribution is -2.56. The summed E-state index contributed by atoms with van der Waals surface area (Å²) in [6.45, 7) is 6.60. The highest BCUT2D eigenvalue weighted by molar-refractivity contribution is 4.89. The Bertz CT molecular complexity index is 269. The second kappa shape index (κ2) is 6.55. The van der Waals surface area contributed by atoms with E-state index in [0.717, 1.165) is 18.0 Å². The Hall–Kier alpha value is -0.120. The Morgan fingerprint density at radius 3 is 2.32 bits per heavy atom. The second-order valence-corrected chi connectivity index (χ2v) is 6.88. The minimum absolute atomic E-state index is 0.734. The first-order valence-electron chi connectivity index (χ1n) is 8.50. The van der Waals surface area contributed by atoms with E-state index in [0.29, 0.717) is 0 Å². The number of nitrogens with zero attached hydrogens (tertiary/aromatic N) is 2. The molecule has 0 amide bonds. The minimum atomic E-state index is 0.734. The summed E-state index contributed by atoms with van der Waals surface area (Å²) in [5, 5.41) is 3.59. The topological polar surface area (TPSA) is 18.5 Å². The van der Waals surface area contributed by atoms with Crippen molar-refractivity contribution in [2.45, 2.75) is 57.0 Å². The van der Waals surface area contributed by atoms with Crippen molar-refractivity contribution >= 4 is 0 Å². The summed E-state index contributed by atoms with van der Waals surface area (Å²) < 4.78 is 0. The monoisotopic (exact) mass is 265 g/mol. The van der Waals surface area contributed by atoms with E-state index < -0.39 is 0 Å². The van der Waals surface area contributed by atoms with E-state index in [1.807, 2.05) is 0 Å². The summed E-state index contributed by atoms with van der Waals surface area (Å²) in [6, 6.07) is 1.54. The van der Waals surface area contributed by atoms with Crippen LogP contribution in [0.5, 0.6) is 0 Å². The van der Waals surface area contributed by atoms with Crippen molar-refractivity contribution in [1.82, 2.24) is 15.1 Å². The quantitative estimate of drug-likeness (QED) is 0.784. The van der Waals surface area contributed by atoms with Gasteiger partial charge in [-0.25, -0.2) is 0 Å². The molecule has 1 heterocycles. The summed E-state index contributed by atoms with van der Waals surface area (Å²) in [5.41, 5.74) is 0. The first-order chi connectivity index (χ1) is 9.36. The first kappa shape index (κ1) is 13.8. The van der Waals surface area contributed by atoms with Crippen molar-refractivity contribution in [1.29, 1.82) is 0 Å². The zero-order valence-electron chi connectivity index (χ0n) is 12.6. The molecule has 0 aromatic heterocycles. The van der Waals surface area contributed by atoms with Gasteiger partial charge in [-0.3, -0.25) is 4.90 Å². The third kappa shape index (κ3) is 3.71. The van der Waals surface area contributed by atoms with E-state index in [4.69, 9.17) is 0 Å². The van der Waals surface area contributed by atoms with Gasteiger partial charge in [-0.2, -0.15) is 0 Å². The summed E-state index contributed by atoms with van der Waals surface area (Å²) in [4.78, 5) is 5.50. The van der Waals surface area contributed by atoms with Gasteiger partial charge in [0.15, 0.2) is 0 Å². The van der Waals surface area contributed by atoms with Gasteiger partial charge in [0.05, 0.1) is 0 Å². The standard InChI is InChI=1S/C16H31N3/c1-17-15-5-3-2-4-6-16(15)19-11-9-18(10-12-19)13-14-7-8-14/h14-17H,2-13H2,1H3. The van der Waals surface area contributed by atoms with Gasteiger partial charge < -0.3 is 10.2 Å². The lowest BCUT2D eigenvalue weighted by atomic mass is 10.0. The van der Waals surface area contributed by atoms with Crippen LogP contribution in [-0.2, 0) is 0 Å². The van der Waals surface area contributed by atoms with Crippen LogP contribution in [0.15, 0.2) is 0 Å². The molecule has 3 nitrogen and oxygen atoms in total. The fraction of sp³-hybridized carbons (Fsp3) is 1.00. The van der Waals surface area contributed by atoms with Crippen LogP contribution in [0.25, 0.3) is 0 Å². The van der Waals surface area contributed by atoms with Crippen molar-refractivity contribution in [3.05, 3.63) is 0 Å². The predicted octanol–water partition coefficient (Wildman–Crippen LogP) is 1.93. The molecule has 2 atom stereocenters. The molecule has 1 N–H and O–H groups in total. The molecule has 0 radical (unpaired) electrons. The molecule has 3 fully saturated rings. The maximum Gasteiger partial charge on any atom is 0.0250 e. The van der Waals surface area contributed by atoms with Gasteiger partial charge in [0.2, 0.25) is 0 Å². The van der Waals surface area contributed by atoms with E-state index in [2.05, 4.69) is 22.2 Å². The van der Waals surface area contributed by atoms with Crippen molar-refractivity contribution in [2.24, 2.45) is 5.92 Å². The molecule has 1 saturated heterocycles. The van der Waals surface area contributed by atoms with Crippen LogP contribution >= 0.6 is 0 Å². The first-order valence-corrected chi connectivity index (χ1v) is 8.50. The number of hydrogen-bond acceptors (Lipinski definition) is 3. The fourth-order valence-electron chi connectivity index (χ4n) is 4.00. The van der Waals surface area contributed by atoms with Crippen LogP contribution in [0.4, 0.5) is 0 Å². The van der Waals surface area contributed by atoms with Gasteiger partial charge in [-0.15, -0.1) is 0 Å². The summed E-state index contributed by atoms with van der Waals surface area (Å²) in [5.74, 6) is 1.05. The minimum Gasteiger partial charge on any atom is -0.315 e. The Kier molecular flexibility index (Phi) is 4.78. The highest BCUT2D eigenvalue weighted by Crippen LogP contribution is 2.30. The molecule has 0 aromatic carbocycles. The average molecular weight is 265 g/mol. The van der Waals surface area contributed by atoms with E-state index >= 15 is 0 Å². The lowest BCUT2D eigenvalue weighted by molar-refractivity contribution is 0.0740. The number of hydrogen-bond donors (Lipinski definition) is 1. The molecule has 0 aromatic rings. The van der Waals surface area contributed by atoms with E-state index in [9.17, 15) is 0 Å². The third-order valence-electron chi connectivity index (χ3n) is 5.44. The van der Waals surface area contributed by atoms with E-state index in [-0.39, 0.29) is 0 Å². The maximum atomic E-state index is 3.59. The molecule has 3 rings (SSSR count). The zero-order chi connectivity index (χ0) is 13.1. The van der Waals surface area contributed by atoms with E-state index in [1.54, 1.807) is 0 Å². The Morgan fingerprint density at radius 2 is 1.63 bits per heavy atom. The molecule has 0 spiro atoms. The highest BCUT2D eigenvalue weighted by Gasteiger charge is 2.31. The molecule has 3 aliphatic rings. The molecule has 2 aliphatic carbocycles. The van der Waals surface area contributed by atoms with Crippen LogP contribution in [0, 0.1) is 5.92 Å². The molecule has 110 valence electrons. The largest absolute Gasteiger partial charge is 0.315 e. The SMILES string of the molecule is CNC1CCCCCC1N1CCN(CC2CC2)CC1. The summed E-state index contributed by atoms with van der Waals surface area (Å²) in [6.07, 6.45) is 10.1. The van der Waals surface area contributed by atoms with Gasteiger partial charge in [-0.1, -0.05) is 19.3 Å². The molecule has 1 aliphatic heterocycles. The van der Waals surface area contributed by atoms with Crippen LogP contribution in [-0.4, -0.2) is 61.7 Å². The average Bonchev–Trinajstić information content (AvgIpc) is 3.25. The molecular weight excluding hydrogens is 234 g/mol. The van der Waals surface area contributed by atoms with Gasteiger partial charge in [-0.05, 0) is 38.6 Å². The Morgan fingerprint density at radius 1 is 0.895 bits per heavy atom. The molecule has 3 heteroatoms. The van der Waals surface area contributed by atoms with Gasteiger partial charge in [0.25, 0.3) is 0 Å². The van der Waals surface area contributed by atoms with E-state index in [1.165, 1.54) is 77.7 Å². The highest BCUT2D eigenvalue weighted by atomic mass is 15.3. The van der Waals surface area contributed by atoms with Crippen LogP contribution in [0.2, 0.25) is 0 Å². The smallest absolute Gasteiger partial charge is 0.0250 e. The third-order valence-corrected chi connectivity index (χ3v) is 5.44. The van der Waals surface area contributed by atoms with Gasteiger partial charge in [0.1, 0.15) is 0 Å². The van der Waals surface area contributed by atoms with Crippen LogP contribution in [0.1, 0.15) is 44.9 Å². The number of likely N-dealkylation sites (N-methyl/N-ethyl adjacent to an activating group) is 1. The van der Waals surface area contributed by atoms with Crippen LogP contribution in [0.3, 0.4) is 0 Å². The summed E-state index contributed by atoms with van der Waals surface area (Å²) in [7, 11) is 2.16. The number of rotatable bonds is 4. The normalized spacial score (nSPS) is 35.2. The molecule has 2 unspecified atom stereocenters. The second-order valence-electron chi connectivity index (χ2n) is 6.88. The van der Waals surface area contributed by atoms with Crippen LogP contribution < -0.4 is 5.32 Å². The maximum absolute atomic E-state index is 3.59. The molecule has 0 bridgehead atoms. The summed E-state index contributed by atoms with van der Waals surface area (Å²) >= 11 is 0. The zero-order valence-corrected chi connectivity index (χ0v) is 12.6. The Balaban J connectivity index is 1.50. The number of piperazine rings is 1. The van der Waals surface area contributed by atoms with Crippen molar-refractivity contribution in [3.63, 3.8) is 0 Å².